The van der Waals surface area contributed by atoms with Crippen LogP contribution in [-0.2, 0) is 20.9 Å². The van der Waals surface area contributed by atoms with Crippen LogP contribution in [0, 0.1) is 12.8 Å². The van der Waals surface area contributed by atoms with Crippen LogP contribution in [0.1, 0.15) is 34.8 Å². The number of anilines is 1. The fraction of sp³-hybridized carbons (Fsp3) is 0.280. The minimum absolute atomic E-state index is 0.0105. The van der Waals surface area contributed by atoms with Crippen LogP contribution in [0.2, 0.25) is 0 Å². The number of H-pyrrole nitrogens is 1. The number of aromatic nitrogens is 2. The number of nitrogens with one attached hydrogen (secondary N) is 2. The van der Waals surface area contributed by atoms with Crippen molar-refractivity contribution in [1.82, 2.24) is 9.88 Å². The Morgan fingerprint density at radius 3 is 2.38 bits per heavy atom. The van der Waals surface area contributed by atoms with Crippen molar-refractivity contribution in [2.24, 2.45) is 5.92 Å². The van der Waals surface area contributed by atoms with Crippen molar-refractivity contribution in [3.63, 3.8) is 0 Å². The van der Waals surface area contributed by atoms with E-state index in [0.717, 1.165) is 12.8 Å². The number of carboxylic acids is 2. The number of carboxylic acid groups (broad SMARTS) is 2. The fourth-order valence-corrected chi connectivity index (χ4v) is 3.29. The predicted octanol–water partition coefficient (Wildman–Crippen LogP) is 3.17. The number of pyridine rings is 1. The number of benzene rings is 1. The summed E-state index contributed by atoms with van der Waals surface area (Å²) in [4.78, 5) is 53.9. The zero-order valence-corrected chi connectivity index (χ0v) is 20.5. The third kappa shape index (κ3) is 8.38. The van der Waals surface area contributed by atoms with Gasteiger partial charge in [0.2, 0.25) is 11.8 Å². The van der Waals surface area contributed by atoms with Crippen LogP contribution in [0.15, 0.2) is 53.1 Å². The summed E-state index contributed by atoms with van der Waals surface area (Å²) in [5, 5.41) is 19.3. The van der Waals surface area contributed by atoms with E-state index in [9.17, 15) is 32.7 Å². The molecule has 11 nitrogen and oxygen atoms in total. The van der Waals surface area contributed by atoms with Gasteiger partial charge < -0.3 is 24.8 Å². The average molecular weight is 549 g/mol. The maximum absolute atomic E-state index is 13.1. The molecule has 206 valence electrons. The summed E-state index contributed by atoms with van der Waals surface area (Å²) < 4.78 is 37.5. The molecule has 2 heterocycles. The Kier molecular flexibility index (Phi) is 9.01. The van der Waals surface area contributed by atoms with Gasteiger partial charge in [-0.05, 0) is 38.0 Å². The largest absolute Gasteiger partial charge is 0.490 e. The molecule has 1 saturated carbocycles. The summed E-state index contributed by atoms with van der Waals surface area (Å²) in [5.41, 5.74) is 1.95. The first-order valence-corrected chi connectivity index (χ1v) is 11.5. The highest BCUT2D eigenvalue weighted by Crippen LogP contribution is 2.31. The van der Waals surface area contributed by atoms with E-state index in [1.54, 1.807) is 55.6 Å². The Morgan fingerprint density at radius 2 is 1.82 bits per heavy atom. The molecule has 1 aliphatic carbocycles. The molecule has 1 aromatic carbocycles. The van der Waals surface area contributed by atoms with E-state index in [2.05, 4.69) is 15.3 Å². The first-order valence-electron chi connectivity index (χ1n) is 11.5. The van der Waals surface area contributed by atoms with E-state index < -0.39 is 30.6 Å². The van der Waals surface area contributed by atoms with Gasteiger partial charge in [0.25, 0.3) is 5.91 Å². The van der Waals surface area contributed by atoms with E-state index in [0.29, 0.717) is 16.9 Å². The Morgan fingerprint density at radius 1 is 1.13 bits per heavy atom. The van der Waals surface area contributed by atoms with E-state index in [1.807, 2.05) is 0 Å². The van der Waals surface area contributed by atoms with Gasteiger partial charge in [-0.15, -0.1) is 0 Å². The predicted molar refractivity (Wildman–Crippen MR) is 127 cm³/mol. The van der Waals surface area contributed by atoms with Gasteiger partial charge in [0, 0.05) is 29.3 Å². The number of aromatic amines is 1. The maximum Gasteiger partial charge on any atom is 0.490 e. The van der Waals surface area contributed by atoms with Crippen LogP contribution in [0.25, 0.3) is 11.5 Å². The number of carbonyl (C=O) groups is 4. The van der Waals surface area contributed by atoms with Crippen molar-refractivity contribution in [2.45, 2.75) is 32.5 Å². The normalized spacial score (nSPS) is 12.6. The molecule has 0 atom stereocenters. The summed E-state index contributed by atoms with van der Waals surface area (Å²) in [6, 6.07) is 12.4. The number of amides is 2. The molecule has 1 fully saturated rings. The Balaban J connectivity index is 0.000000532. The van der Waals surface area contributed by atoms with Crippen molar-refractivity contribution in [1.29, 1.82) is 0 Å². The van der Waals surface area contributed by atoms with Crippen LogP contribution in [-0.4, -0.2) is 56.6 Å². The molecule has 0 saturated heterocycles. The molecule has 0 bridgehead atoms. The molecule has 3 aromatic rings. The minimum Gasteiger partial charge on any atom is -0.480 e. The van der Waals surface area contributed by atoms with Crippen molar-refractivity contribution >= 4 is 29.4 Å². The Hall–Kier alpha value is -4.75. The molecule has 4 rings (SSSR count). The molecule has 14 heteroatoms. The second-order valence-electron chi connectivity index (χ2n) is 8.51. The SMILES string of the molecule is Cc1oc(-c2cccc(NC(=O)C3CC3)c2)nc1C(=O)N(CC(=O)O)Cc1cccc[nH+]1.O=C(O)C(F)(F)F. The molecular weight excluding hydrogens is 525 g/mol. The Bertz CT molecular complexity index is 1360. The van der Waals surface area contributed by atoms with E-state index in [-0.39, 0.29) is 35.7 Å². The smallest absolute Gasteiger partial charge is 0.480 e. The summed E-state index contributed by atoms with van der Waals surface area (Å²) in [6.07, 6.45) is -1.57. The van der Waals surface area contributed by atoms with Crippen LogP contribution < -0.4 is 10.3 Å². The molecule has 39 heavy (non-hydrogen) atoms. The number of halogens is 3. The lowest BCUT2D eigenvalue weighted by Crippen LogP contribution is -2.37. The molecule has 0 spiro atoms. The first-order chi connectivity index (χ1) is 18.3. The van der Waals surface area contributed by atoms with Crippen molar-refractivity contribution in [2.75, 3.05) is 11.9 Å². The summed E-state index contributed by atoms with van der Waals surface area (Å²) in [6.45, 7) is 1.21. The second kappa shape index (κ2) is 12.2. The van der Waals surface area contributed by atoms with Gasteiger partial charge >= 0.3 is 18.1 Å². The molecule has 1 aliphatic rings. The zero-order valence-electron chi connectivity index (χ0n) is 20.5. The van der Waals surface area contributed by atoms with E-state index in [4.69, 9.17) is 14.3 Å². The summed E-state index contributed by atoms with van der Waals surface area (Å²) >= 11 is 0. The maximum atomic E-state index is 13.1. The zero-order chi connectivity index (χ0) is 28.7. The number of aryl methyl sites for hydroxylation is 1. The number of hydrogen-bond acceptors (Lipinski definition) is 6. The molecule has 0 unspecified atom stereocenters. The molecule has 4 N–H and O–H groups in total. The lowest BCUT2D eigenvalue weighted by atomic mass is 10.2. The van der Waals surface area contributed by atoms with Crippen molar-refractivity contribution in [3.8, 4) is 11.5 Å². The van der Waals surface area contributed by atoms with Gasteiger partial charge in [-0.25, -0.2) is 14.8 Å². The molecule has 0 radical (unpaired) electrons. The number of aliphatic carboxylic acids is 2. The van der Waals surface area contributed by atoms with E-state index in [1.165, 1.54) is 4.90 Å². The topological polar surface area (TPSA) is 164 Å². The highest BCUT2D eigenvalue weighted by molar-refractivity contribution is 5.96. The van der Waals surface area contributed by atoms with E-state index >= 15 is 0 Å². The van der Waals surface area contributed by atoms with Gasteiger partial charge in [0.05, 0.1) is 0 Å². The van der Waals surface area contributed by atoms with Gasteiger partial charge in [0.1, 0.15) is 18.8 Å². The minimum atomic E-state index is -5.08. The number of oxazole rings is 1. The number of alkyl halides is 3. The van der Waals surface area contributed by atoms with Crippen molar-refractivity contribution < 1.29 is 52.0 Å². The number of carbonyl (C=O) groups excluding carboxylic acids is 2. The molecule has 0 aliphatic heterocycles. The third-order valence-corrected chi connectivity index (χ3v) is 5.31. The summed E-state index contributed by atoms with van der Waals surface area (Å²) in [7, 11) is 0. The van der Waals surface area contributed by atoms with Gasteiger partial charge in [-0.3, -0.25) is 14.4 Å². The first kappa shape index (κ1) is 28.8. The highest BCUT2D eigenvalue weighted by Gasteiger charge is 2.38. The quantitative estimate of drug-likeness (QED) is 0.386. The van der Waals surface area contributed by atoms with Crippen LogP contribution >= 0.6 is 0 Å². The lowest BCUT2D eigenvalue weighted by molar-refractivity contribution is -0.392. The second-order valence-corrected chi connectivity index (χ2v) is 8.51. The molecule has 2 aromatic heterocycles. The Labute approximate surface area is 219 Å². The number of nitrogens with zero attached hydrogens (tertiary/aromatic N) is 2. The molecule has 2 amide bonds. The third-order valence-electron chi connectivity index (χ3n) is 5.31. The summed E-state index contributed by atoms with van der Waals surface area (Å²) in [5.74, 6) is -3.87. The lowest BCUT2D eigenvalue weighted by Gasteiger charge is -2.17. The van der Waals surface area contributed by atoms with Crippen LogP contribution in [0.3, 0.4) is 0 Å². The standard InChI is InChI=1S/C23H22N4O5.C2HF3O2/c1-14-20(23(31)27(13-19(28)29)12-18-6-2-3-10-24-18)26-22(32-14)16-5-4-7-17(11-16)25-21(30)15-8-9-15;3-2(4,5)1(6)7/h2-7,10-11,15H,8-9,12-13H2,1H3,(H,25,30)(H,28,29);(H,6,7)/p+1. The van der Waals surface area contributed by atoms with Crippen molar-refractivity contribution in [3.05, 3.63) is 65.8 Å². The van der Waals surface area contributed by atoms with Crippen LogP contribution in [0.4, 0.5) is 18.9 Å². The molecular formula is C25H24F3N4O7+. The fourth-order valence-electron chi connectivity index (χ4n) is 3.29. The van der Waals surface area contributed by atoms with Gasteiger partial charge in [0.15, 0.2) is 17.6 Å². The number of hydrogen-bond donors (Lipinski definition) is 3. The average Bonchev–Trinajstić information content (AvgIpc) is 3.65. The monoisotopic (exact) mass is 549 g/mol. The number of rotatable bonds is 8. The van der Waals surface area contributed by atoms with Gasteiger partial charge in [-0.1, -0.05) is 12.1 Å². The van der Waals surface area contributed by atoms with Gasteiger partial charge in [-0.2, -0.15) is 13.2 Å². The van der Waals surface area contributed by atoms with Crippen LogP contribution in [0.5, 0.6) is 0 Å². The highest BCUT2D eigenvalue weighted by atomic mass is 19.4.